The third-order valence-electron chi connectivity index (χ3n) is 2.95. The lowest BCUT2D eigenvalue weighted by atomic mass is 10.1. The highest BCUT2D eigenvalue weighted by Crippen LogP contribution is 2.15. The van der Waals surface area contributed by atoms with Gasteiger partial charge in [-0.05, 0) is 30.3 Å². The molecule has 0 aliphatic heterocycles. The van der Waals surface area contributed by atoms with Gasteiger partial charge in [-0.1, -0.05) is 6.07 Å². The molecule has 4 nitrogen and oxygen atoms in total. The van der Waals surface area contributed by atoms with E-state index in [1.807, 2.05) is 0 Å². The van der Waals surface area contributed by atoms with Crippen LogP contribution in [0.2, 0.25) is 0 Å². The van der Waals surface area contributed by atoms with Crippen LogP contribution in [0.15, 0.2) is 42.5 Å². The van der Waals surface area contributed by atoms with Gasteiger partial charge in [0, 0.05) is 31.4 Å². The minimum atomic E-state index is -0.946. The van der Waals surface area contributed by atoms with Crippen LogP contribution in [0.4, 0.5) is 14.5 Å². The molecule has 1 N–H and O–H groups in total. The van der Waals surface area contributed by atoms with Crippen molar-refractivity contribution in [1.29, 1.82) is 0 Å². The van der Waals surface area contributed by atoms with Crippen LogP contribution in [0.3, 0.4) is 0 Å². The van der Waals surface area contributed by atoms with E-state index in [4.69, 9.17) is 0 Å². The van der Waals surface area contributed by atoms with Crippen molar-refractivity contribution in [3.05, 3.63) is 65.2 Å². The summed E-state index contributed by atoms with van der Waals surface area (Å²) < 4.78 is 26.4. The number of nitrogens with zero attached hydrogens (tertiary/aromatic N) is 1. The SMILES string of the molecule is CN(C)C(=O)c1cccc(NC(=O)c2ccc(F)cc2F)c1. The molecule has 0 atom stereocenters. The molecule has 0 radical (unpaired) electrons. The van der Waals surface area contributed by atoms with Crippen molar-refractivity contribution in [2.75, 3.05) is 19.4 Å². The molecule has 0 unspecified atom stereocenters. The number of hydrogen-bond donors (Lipinski definition) is 1. The molecule has 0 aromatic heterocycles. The maximum absolute atomic E-state index is 13.6. The summed E-state index contributed by atoms with van der Waals surface area (Å²) in [5.74, 6) is -2.64. The summed E-state index contributed by atoms with van der Waals surface area (Å²) in [5, 5.41) is 2.48. The average Bonchev–Trinajstić information content (AvgIpc) is 2.46. The highest BCUT2D eigenvalue weighted by molar-refractivity contribution is 6.05. The van der Waals surface area contributed by atoms with E-state index >= 15 is 0 Å². The van der Waals surface area contributed by atoms with Crippen LogP contribution in [0.5, 0.6) is 0 Å². The summed E-state index contributed by atoms with van der Waals surface area (Å²) in [4.78, 5) is 25.3. The molecule has 0 spiro atoms. The first-order chi connectivity index (χ1) is 10.4. The van der Waals surface area contributed by atoms with Crippen LogP contribution in [-0.4, -0.2) is 30.8 Å². The molecule has 2 aromatic carbocycles. The molecular formula is C16H14F2N2O2. The zero-order valence-corrected chi connectivity index (χ0v) is 12.1. The largest absolute Gasteiger partial charge is 0.345 e. The summed E-state index contributed by atoms with van der Waals surface area (Å²) in [7, 11) is 3.23. The second kappa shape index (κ2) is 6.34. The topological polar surface area (TPSA) is 49.4 Å². The van der Waals surface area contributed by atoms with Crippen molar-refractivity contribution < 1.29 is 18.4 Å². The first-order valence-electron chi connectivity index (χ1n) is 6.46. The molecule has 6 heteroatoms. The first-order valence-corrected chi connectivity index (χ1v) is 6.46. The van der Waals surface area contributed by atoms with Gasteiger partial charge in [0.25, 0.3) is 11.8 Å². The zero-order valence-electron chi connectivity index (χ0n) is 12.1. The minimum Gasteiger partial charge on any atom is -0.345 e. The molecule has 0 aliphatic carbocycles. The number of benzene rings is 2. The second-order valence-electron chi connectivity index (χ2n) is 4.86. The molecule has 0 fully saturated rings. The quantitative estimate of drug-likeness (QED) is 0.948. The van der Waals surface area contributed by atoms with Gasteiger partial charge in [-0.2, -0.15) is 0 Å². The van der Waals surface area contributed by atoms with Crippen molar-refractivity contribution in [3.63, 3.8) is 0 Å². The number of hydrogen-bond acceptors (Lipinski definition) is 2. The predicted molar refractivity (Wildman–Crippen MR) is 78.8 cm³/mol. The third kappa shape index (κ3) is 3.46. The molecule has 114 valence electrons. The summed E-state index contributed by atoms with van der Waals surface area (Å²) in [5.41, 5.74) is 0.467. The molecule has 0 saturated heterocycles. The Morgan fingerprint density at radius 1 is 1.05 bits per heavy atom. The lowest BCUT2D eigenvalue weighted by Crippen LogP contribution is -2.22. The van der Waals surface area contributed by atoms with Gasteiger partial charge in [-0.15, -0.1) is 0 Å². The summed E-state index contributed by atoms with van der Waals surface area (Å²) in [6.07, 6.45) is 0. The third-order valence-corrected chi connectivity index (χ3v) is 2.95. The zero-order chi connectivity index (χ0) is 16.3. The number of rotatable bonds is 3. The van der Waals surface area contributed by atoms with Gasteiger partial charge in [-0.3, -0.25) is 9.59 Å². The van der Waals surface area contributed by atoms with Crippen LogP contribution in [0.25, 0.3) is 0 Å². The number of nitrogens with one attached hydrogen (secondary N) is 1. The molecule has 22 heavy (non-hydrogen) atoms. The van der Waals surface area contributed by atoms with Crippen molar-refractivity contribution in [1.82, 2.24) is 4.90 Å². The minimum absolute atomic E-state index is 0.218. The van der Waals surface area contributed by atoms with E-state index in [1.165, 1.54) is 11.0 Å². The number of carbonyl (C=O) groups excluding carboxylic acids is 2. The van der Waals surface area contributed by atoms with E-state index in [0.29, 0.717) is 17.3 Å². The second-order valence-corrected chi connectivity index (χ2v) is 4.86. The first kappa shape index (κ1) is 15.6. The lowest BCUT2D eigenvalue weighted by molar-refractivity contribution is 0.0827. The van der Waals surface area contributed by atoms with Gasteiger partial charge >= 0.3 is 0 Å². The van der Waals surface area contributed by atoms with Crippen LogP contribution in [-0.2, 0) is 0 Å². The van der Waals surface area contributed by atoms with E-state index in [9.17, 15) is 18.4 Å². The van der Waals surface area contributed by atoms with Crippen LogP contribution < -0.4 is 5.32 Å². The predicted octanol–water partition coefficient (Wildman–Crippen LogP) is 2.92. The van der Waals surface area contributed by atoms with Crippen LogP contribution in [0, 0.1) is 11.6 Å². The molecule has 0 heterocycles. The van der Waals surface area contributed by atoms with Crippen molar-refractivity contribution >= 4 is 17.5 Å². The standard InChI is InChI=1S/C16H14F2N2O2/c1-20(2)16(22)10-4-3-5-12(8-10)19-15(21)13-7-6-11(17)9-14(13)18/h3-9H,1-2H3,(H,19,21). The Morgan fingerprint density at radius 2 is 1.77 bits per heavy atom. The average molecular weight is 304 g/mol. The number of halogens is 2. The van der Waals surface area contributed by atoms with Gasteiger partial charge in [0.1, 0.15) is 11.6 Å². The fourth-order valence-corrected chi connectivity index (χ4v) is 1.86. The Bertz CT molecular complexity index is 730. The maximum Gasteiger partial charge on any atom is 0.258 e. The Balaban J connectivity index is 2.22. The Hall–Kier alpha value is -2.76. The summed E-state index contributed by atoms with van der Waals surface area (Å²) in [6, 6.07) is 8.98. The van der Waals surface area contributed by atoms with E-state index in [2.05, 4.69) is 5.32 Å². The molecule has 2 rings (SSSR count). The highest BCUT2D eigenvalue weighted by Gasteiger charge is 2.14. The van der Waals surface area contributed by atoms with E-state index in [1.54, 1.807) is 32.3 Å². The van der Waals surface area contributed by atoms with E-state index < -0.39 is 17.5 Å². The van der Waals surface area contributed by atoms with Crippen molar-refractivity contribution in [3.8, 4) is 0 Å². The maximum atomic E-state index is 13.6. The highest BCUT2D eigenvalue weighted by atomic mass is 19.1. The fraction of sp³-hybridized carbons (Fsp3) is 0.125. The molecule has 0 bridgehead atoms. The Kier molecular flexibility index (Phi) is 4.50. The molecule has 0 saturated carbocycles. The van der Waals surface area contributed by atoms with E-state index in [0.717, 1.165) is 12.1 Å². The van der Waals surface area contributed by atoms with Crippen molar-refractivity contribution in [2.45, 2.75) is 0 Å². The Morgan fingerprint density at radius 3 is 2.41 bits per heavy atom. The molecule has 0 aliphatic rings. The monoisotopic (exact) mass is 304 g/mol. The number of carbonyl (C=O) groups is 2. The summed E-state index contributed by atoms with van der Waals surface area (Å²) >= 11 is 0. The van der Waals surface area contributed by atoms with Crippen LogP contribution in [0.1, 0.15) is 20.7 Å². The van der Waals surface area contributed by atoms with Gasteiger partial charge in [0.05, 0.1) is 5.56 Å². The van der Waals surface area contributed by atoms with Gasteiger partial charge in [-0.25, -0.2) is 8.78 Å². The summed E-state index contributed by atoms with van der Waals surface area (Å²) in [6.45, 7) is 0. The number of anilines is 1. The normalized spacial score (nSPS) is 10.2. The van der Waals surface area contributed by atoms with Crippen molar-refractivity contribution in [2.24, 2.45) is 0 Å². The smallest absolute Gasteiger partial charge is 0.258 e. The van der Waals surface area contributed by atoms with E-state index in [-0.39, 0.29) is 11.5 Å². The van der Waals surface area contributed by atoms with Gasteiger partial charge in [0.2, 0.25) is 0 Å². The van der Waals surface area contributed by atoms with Crippen LogP contribution >= 0.6 is 0 Å². The van der Waals surface area contributed by atoms with Gasteiger partial charge in [0.15, 0.2) is 0 Å². The molecule has 2 amide bonds. The van der Waals surface area contributed by atoms with Gasteiger partial charge < -0.3 is 10.2 Å². The fourth-order valence-electron chi connectivity index (χ4n) is 1.86. The number of amides is 2. The lowest BCUT2D eigenvalue weighted by Gasteiger charge is -2.12. The molecular weight excluding hydrogens is 290 g/mol. The Labute approximate surface area is 126 Å². The molecule has 2 aromatic rings.